The average molecular weight is 376 g/mol. The van der Waals surface area contributed by atoms with Gasteiger partial charge >= 0.3 is 11.9 Å². The Morgan fingerprint density at radius 1 is 0.786 bits per heavy atom. The molecule has 3 heterocycles. The zero-order chi connectivity index (χ0) is 19.8. The van der Waals surface area contributed by atoms with Crippen molar-refractivity contribution in [1.29, 1.82) is 0 Å². The smallest absolute Gasteiger partial charge is 0.341 e. The molecule has 28 heavy (non-hydrogen) atoms. The fourth-order valence-electron chi connectivity index (χ4n) is 3.40. The van der Waals surface area contributed by atoms with Crippen molar-refractivity contribution < 1.29 is 23.9 Å². The zero-order valence-electron chi connectivity index (χ0n) is 15.2. The molecule has 0 aliphatic carbocycles. The first-order chi connectivity index (χ1) is 13.6. The van der Waals surface area contributed by atoms with E-state index in [-0.39, 0.29) is 16.8 Å². The number of methoxy groups -OCH3 is 2. The number of carbonyl (C=O) groups excluding carboxylic acids is 3. The number of nitrogens with zero attached hydrogens (tertiary/aromatic N) is 2. The van der Waals surface area contributed by atoms with Crippen LogP contribution >= 0.6 is 0 Å². The first-order valence-corrected chi connectivity index (χ1v) is 8.48. The van der Waals surface area contributed by atoms with Crippen molar-refractivity contribution >= 4 is 28.8 Å². The number of esters is 2. The van der Waals surface area contributed by atoms with Gasteiger partial charge in [-0.2, -0.15) is 0 Å². The van der Waals surface area contributed by atoms with Crippen LogP contribution < -0.4 is 0 Å². The minimum absolute atomic E-state index is 0.00192. The van der Waals surface area contributed by atoms with Crippen molar-refractivity contribution in [3.63, 3.8) is 0 Å². The van der Waals surface area contributed by atoms with Crippen molar-refractivity contribution in [3.8, 4) is 0 Å². The second-order valence-electron chi connectivity index (χ2n) is 6.09. The fourth-order valence-corrected chi connectivity index (χ4v) is 3.40. The number of fused-ring (bicyclic) bond motifs is 3. The van der Waals surface area contributed by atoms with Crippen molar-refractivity contribution in [2.45, 2.75) is 0 Å². The SMILES string of the molecule is COC(=O)c1c(C(=O)OC)c2c3cccn3ccn2c1C(=O)c1ccccc1. The molecule has 0 amide bonds. The lowest BCUT2D eigenvalue weighted by Crippen LogP contribution is -2.15. The van der Waals surface area contributed by atoms with Gasteiger partial charge in [0.05, 0.1) is 25.3 Å². The topological polar surface area (TPSA) is 78.5 Å². The maximum Gasteiger partial charge on any atom is 0.341 e. The lowest BCUT2D eigenvalue weighted by molar-refractivity contribution is 0.0556. The van der Waals surface area contributed by atoms with Gasteiger partial charge in [-0.25, -0.2) is 9.59 Å². The van der Waals surface area contributed by atoms with Crippen LogP contribution in [0.15, 0.2) is 61.1 Å². The normalized spacial score (nSPS) is 10.9. The summed E-state index contributed by atoms with van der Waals surface area (Å²) < 4.78 is 13.2. The van der Waals surface area contributed by atoms with Gasteiger partial charge in [0, 0.05) is 24.2 Å². The maximum absolute atomic E-state index is 13.3. The van der Waals surface area contributed by atoms with Crippen molar-refractivity contribution in [3.05, 3.63) is 83.4 Å². The quantitative estimate of drug-likeness (QED) is 0.404. The molecule has 0 saturated heterocycles. The molecule has 0 N–H and O–H groups in total. The van der Waals surface area contributed by atoms with Gasteiger partial charge in [-0.1, -0.05) is 30.3 Å². The van der Waals surface area contributed by atoms with E-state index in [4.69, 9.17) is 9.47 Å². The van der Waals surface area contributed by atoms with Crippen LogP contribution in [-0.4, -0.2) is 40.7 Å². The lowest BCUT2D eigenvalue weighted by atomic mass is 10.0. The molecule has 1 aromatic carbocycles. The number of rotatable bonds is 4. The Morgan fingerprint density at radius 3 is 2.14 bits per heavy atom. The van der Waals surface area contributed by atoms with Crippen LogP contribution in [0.5, 0.6) is 0 Å². The van der Waals surface area contributed by atoms with Crippen LogP contribution in [0.3, 0.4) is 0 Å². The number of carbonyl (C=O) groups is 3. The van der Waals surface area contributed by atoms with E-state index in [9.17, 15) is 14.4 Å². The average Bonchev–Trinajstić information content (AvgIpc) is 3.34. The molecule has 3 aromatic heterocycles. The highest BCUT2D eigenvalue weighted by Crippen LogP contribution is 2.30. The number of ether oxygens (including phenoxy) is 2. The first-order valence-electron chi connectivity index (χ1n) is 8.48. The molecule has 4 aromatic rings. The maximum atomic E-state index is 13.3. The van der Waals surface area contributed by atoms with E-state index in [1.807, 2.05) is 0 Å². The summed E-state index contributed by atoms with van der Waals surface area (Å²) >= 11 is 0. The third-order valence-corrected chi connectivity index (χ3v) is 4.63. The standard InChI is InChI=1S/C21H16N2O5/c1-27-20(25)15-16(21(26)28-2)18(19(24)13-7-4-3-5-8-13)23-12-11-22-10-6-9-14(22)17(15)23/h3-12H,1-2H3. The number of benzene rings is 1. The molecule has 0 atom stereocenters. The highest BCUT2D eigenvalue weighted by atomic mass is 16.5. The minimum atomic E-state index is -0.784. The highest BCUT2D eigenvalue weighted by Gasteiger charge is 2.34. The summed E-state index contributed by atoms with van der Waals surface area (Å²) in [6.07, 6.45) is 5.18. The molecule has 0 aliphatic heterocycles. The van der Waals surface area contributed by atoms with Gasteiger partial charge in [-0.15, -0.1) is 0 Å². The summed E-state index contributed by atoms with van der Waals surface area (Å²) in [7, 11) is 2.43. The molecule has 4 rings (SSSR count). The van der Waals surface area contributed by atoms with E-state index in [0.29, 0.717) is 16.6 Å². The van der Waals surface area contributed by atoms with Gasteiger partial charge < -0.3 is 18.3 Å². The summed E-state index contributed by atoms with van der Waals surface area (Å²) in [5, 5.41) is 0. The molecule has 0 radical (unpaired) electrons. The summed E-state index contributed by atoms with van der Waals surface area (Å²) in [6.45, 7) is 0. The van der Waals surface area contributed by atoms with E-state index < -0.39 is 17.7 Å². The van der Waals surface area contributed by atoms with E-state index in [1.54, 1.807) is 69.9 Å². The number of ketones is 1. The second kappa shape index (κ2) is 6.70. The summed E-state index contributed by atoms with van der Waals surface area (Å²) in [5.74, 6) is -1.91. The van der Waals surface area contributed by atoms with Crippen LogP contribution in [-0.2, 0) is 9.47 Å². The van der Waals surface area contributed by atoms with E-state index >= 15 is 0 Å². The van der Waals surface area contributed by atoms with Gasteiger partial charge in [0.1, 0.15) is 16.8 Å². The molecule has 0 saturated carbocycles. The second-order valence-corrected chi connectivity index (χ2v) is 6.09. The minimum Gasteiger partial charge on any atom is -0.465 e. The molecule has 140 valence electrons. The number of aromatic nitrogens is 2. The molecule has 0 aliphatic rings. The Kier molecular flexibility index (Phi) is 4.19. The summed E-state index contributed by atoms with van der Waals surface area (Å²) in [5.41, 5.74) is 1.38. The number of hydrogen-bond donors (Lipinski definition) is 0. The van der Waals surface area contributed by atoms with Crippen molar-refractivity contribution in [2.24, 2.45) is 0 Å². The van der Waals surface area contributed by atoms with E-state index in [0.717, 1.165) is 0 Å². The highest BCUT2D eigenvalue weighted by molar-refractivity contribution is 6.21. The third-order valence-electron chi connectivity index (χ3n) is 4.63. The molecular formula is C21H16N2O5. The molecule has 0 spiro atoms. The van der Waals surface area contributed by atoms with Crippen molar-refractivity contribution in [1.82, 2.24) is 8.80 Å². The van der Waals surface area contributed by atoms with Crippen LogP contribution in [0.4, 0.5) is 0 Å². The zero-order valence-corrected chi connectivity index (χ0v) is 15.2. The lowest BCUT2D eigenvalue weighted by Gasteiger charge is -2.06. The predicted octanol–water partition coefficient (Wildman–Crippen LogP) is 3.00. The molecule has 0 bridgehead atoms. The van der Waals surface area contributed by atoms with Crippen LogP contribution in [0.1, 0.15) is 36.8 Å². The van der Waals surface area contributed by atoms with E-state index in [2.05, 4.69) is 0 Å². The first kappa shape index (κ1) is 17.5. The van der Waals surface area contributed by atoms with Gasteiger partial charge in [0.15, 0.2) is 0 Å². The third kappa shape index (κ3) is 2.48. The van der Waals surface area contributed by atoms with Crippen LogP contribution in [0.25, 0.3) is 11.0 Å². The Morgan fingerprint density at radius 2 is 1.46 bits per heavy atom. The molecular weight excluding hydrogens is 360 g/mol. The van der Waals surface area contributed by atoms with Gasteiger partial charge in [0.2, 0.25) is 5.78 Å². The molecule has 0 fully saturated rings. The molecule has 7 nitrogen and oxygen atoms in total. The van der Waals surface area contributed by atoms with Gasteiger partial charge in [-0.05, 0) is 12.1 Å². The monoisotopic (exact) mass is 376 g/mol. The van der Waals surface area contributed by atoms with E-state index in [1.165, 1.54) is 14.2 Å². The van der Waals surface area contributed by atoms with Crippen LogP contribution in [0.2, 0.25) is 0 Å². The van der Waals surface area contributed by atoms with Gasteiger partial charge in [-0.3, -0.25) is 4.79 Å². The largest absolute Gasteiger partial charge is 0.465 e. The fraction of sp³-hybridized carbons (Fsp3) is 0.0952. The predicted molar refractivity (Wildman–Crippen MR) is 101 cm³/mol. The summed E-state index contributed by atoms with van der Waals surface area (Å²) in [4.78, 5) is 38.6. The number of hydrogen-bond acceptors (Lipinski definition) is 5. The van der Waals surface area contributed by atoms with Gasteiger partial charge in [0.25, 0.3) is 0 Å². The molecule has 0 unspecified atom stereocenters. The van der Waals surface area contributed by atoms with Crippen molar-refractivity contribution in [2.75, 3.05) is 14.2 Å². The summed E-state index contributed by atoms with van der Waals surface area (Å²) in [6, 6.07) is 12.1. The Balaban J connectivity index is 2.18. The Hall–Kier alpha value is -3.87. The van der Waals surface area contributed by atoms with Crippen LogP contribution in [0, 0.1) is 0 Å². The Bertz CT molecular complexity index is 1230. The Labute approximate surface area is 159 Å². The molecule has 7 heteroatoms.